The van der Waals surface area contributed by atoms with Crippen LogP contribution in [0, 0.1) is 0 Å². The number of thioether (sulfide) groups is 1. The van der Waals surface area contributed by atoms with Crippen molar-refractivity contribution in [3.8, 4) is 0 Å². The van der Waals surface area contributed by atoms with Gasteiger partial charge in [0.2, 0.25) is 0 Å². The number of sulfone groups is 1. The van der Waals surface area contributed by atoms with Crippen molar-refractivity contribution in [1.29, 1.82) is 0 Å². The molecule has 1 aromatic heterocycles. The second-order valence-electron chi connectivity index (χ2n) is 3.72. The molecule has 102 valence electrons. The van der Waals surface area contributed by atoms with Gasteiger partial charge in [-0.3, -0.25) is 0 Å². The van der Waals surface area contributed by atoms with Gasteiger partial charge in [-0.1, -0.05) is 35.2 Å². The molecule has 8 heteroatoms. The summed E-state index contributed by atoms with van der Waals surface area (Å²) in [4.78, 5) is 0.336. The molecule has 1 aromatic carbocycles. The molecule has 0 atom stereocenters. The Labute approximate surface area is 120 Å². The first-order chi connectivity index (χ1) is 9.12. The molecule has 0 spiro atoms. The lowest BCUT2D eigenvalue weighted by Crippen LogP contribution is -2.09. The van der Waals surface area contributed by atoms with Crippen LogP contribution in [0.4, 0.5) is 0 Å². The Kier molecular flexibility index (Phi) is 4.92. The van der Waals surface area contributed by atoms with Crippen molar-refractivity contribution in [3.63, 3.8) is 0 Å². The van der Waals surface area contributed by atoms with Gasteiger partial charge in [-0.05, 0) is 17.7 Å². The SMILES string of the molecule is NCc1ccc(S(=O)(=O)CCSc2nncs2)cc1. The predicted octanol–water partition coefficient (Wildman–Crippen LogP) is 1.56. The summed E-state index contributed by atoms with van der Waals surface area (Å²) >= 11 is 2.81. The van der Waals surface area contributed by atoms with E-state index < -0.39 is 9.84 Å². The average molecular weight is 315 g/mol. The van der Waals surface area contributed by atoms with Crippen LogP contribution in [-0.4, -0.2) is 30.1 Å². The third-order valence-corrected chi connectivity index (χ3v) is 6.29. The Morgan fingerprint density at radius 2 is 2.00 bits per heavy atom. The van der Waals surface area contributed by atoms with Crippen molar-refractivity contribution in [2.24, 2.45) is 5.73 Å². The van der Waals surface area contributed by atoms with Gasteiger partial charge < -0.3 is 5.73 Å². The van der Waals surface area contributed by atoms with Crippen LogP contribution in [0.1, 0.15) is 5.56 Å². The van der Waals surface area contributed by atoms with Crippen LogP contribution >= 0.6 is 23.1 Å². The molecular formula is C11H13N3O2S3. The first-order valence-electron chi connectivity index (χ1n) is 5.52. The number of nitrogens with two attached hydrogens (primary N) is 1. The zero-order chi connectivity index (χ0) is 13.7. The molecule has 0 aliphatic heterocycles. The zero-order valence-electron chi connectivity index (χ0n) is 10.0. The zero-order valence-corrected chi connectivity index (χ0v) is 12.5. The summed E-state index contributed by atoms with van der Waals surface area (Å²) in [5, 5.41) is 7.55. The molecule has 2 aromatic rings. The molecule has 0 aliphatic rings. The quantitative estimate of drug-likeness (QED) is 0.814. The van der Waals surface area contributed by atoms with Gasteiger partial charge in [0.1, 0.15) is 5.51 Å². The van der Waals surface area contributed by atoms with E-state index in [0.29, 0.717) is 17.2 Å². The van der Waals surface area contributed by atoms with Crippen molar-refractivity contribution >= 4 is 32.9 Å². The molecule has 19 heavy (non-hydrogen) atoms. The lowest BCUT2D eigenvalue weighted by atomic mass is 10.2. The van der Waals surface area contributed by atoms with Crippen LogP contribution in [0.25, 0.3) is 0 Å². The summed E-state index contributed by atoms with van der Waals surface area (Å²) in [5.41, 5.74) is 8.02. The average Bonchev–Trinajstić information content (AvgIpc) is 2.92. The molecule has 0 aliphatic carbocycles. The highest BCUT2D eigenvalue weighted by atomic mass is 32.2. The minimum Gasteiger partial charge on any atom is -0.326 e. The summed E-state index contributed by atoms with van der Waals surface area (Å²) in [7, 11) is -3.24. The minimum absolute atomic E-state index is 0.0826. The number of benzene rings is 1. The highest BCUT2D eigenvalue weighted by Crippen LogP contribution is 2.20. The van der Waals surface area contributed by atoms with Crippen molar-refractivity contribution in [2.75, 3.05) is 11.5 Å². The van der Waals surface area contributed by atoms with E-state index >= 15 is 0 Å². The Bertz CT molecular complexity index is 609. The number of rotatable bonds is 6. The van der Waals surface area contributed by atoms with Gasteiger partial charge in [-0.2, -0.15) is 0 Å². The summed E-state index contributed by atoms with van der Waals surface area (Å²) in [6, 6.07) is 6.69. The molecule has 5 nitrogen and oxygen atoms in total. The first kappa shape index (κ1) is 14.4. The Morgan fingerprint density at radius 3 is 2.58 bits per heavy atom. The van der Waals surface area contributed by atoms with Crippen LogP contribution in [0.15, 0.2) is 39.0 Å². The lowest BCUT2D eigenvalue weighted by molar-refractivity contribution is 0.597. The van der Waals surface area contributed by atoms with E-state index in [1.807, 2.05) is 0 Å². The Hall–Kier alpha value is -0.960. The standard InChI is InChI=1S/C11H13N3O2S3/c12-7-9-1-3-10(4-2-9)19(15,16)6-5-17-11-14-13-8-18-11/h1-4,8H,5-7,12H2. The lowest BCUT2D eigenvalue weighted by Gasteiger charge is -2.04. The van der Waals surface area contributed by atoms with E-state index in [2.05, 4.69) is 10.2 Å². The molecule has 1 heterocycles. The molecule has 0 bridgehead atoms. The third-order valence-electron chi connectivity index (χ3n) is 2.44. The highest BCUT2D eigenvalue weighted by Gasteiger charge is 2.14. The molecule has 0 saturated carbocycles. The number of aromatic nitrogens is 2. The minimum atomic E-state index is -3.24. The predicted molar refractivity (Wildman–Crippen MR) is 77.0 cm³/mol. The maximum atomic E-state index is 12.1. The van der Waals surface area contributed by atoms with Gasteiger partial charge in [0.15, 0.2) is 14.2 Å². The van der Waals surface area contributed by atoms with E-state index in [9.17, 15) is 8.42 Å². The maximum absolute atomic E-state index is 12.1. The van der Waals surface area contributed by atoms with Gasteiger partial charge in [-0.15, -0.1) is 10.2 Å². The molecule has 0 amide bonds. The van der Waals surface area contributed by atoms with Gasteiger partial charge in [0.05, 0.1) is 10.6 Å². The molecule has 0 unspecified atom stereocenters. The maximum Gasteiger partial charge on any atom is 0.179 e. The second-order valence-corrected chi connectivity index (χ2v) is 8.00. The molecule has 2 rings (SSSR count). The van der Waals surface area contributed by atoms with Crippen molar-refractivity contribution in [2.45, 2.75) is 15.8 Å². The molecule has 0 fully saturated rings. The van der Waals surface area contributed by atoms with Gasteiger partial charge >= 0.3 is 0 Å². The first-order valence-corrected chi connectivity index (χ1v) is 9.04. The van der Waals surface area contributed by atoms with Gasteiger partial charge in [-0.25, -0.2) is 8.42 Å². The van der Waals surface area contributed by atoms with E-state index in [-0.39, 0.29) is 5.75 Å². The summed E-state index contributed by atoms with van der Waals surface area (Å²) in [6.07, 6.45) is 0. The van der Waals surface area contributed by atoms with Crippen LogP contribution < -0.4 is 5.73 Å². The fourth-order valence-electron chi connectivity index (χ4n) is 1.42. The Balaban J connectivity index is 1.97. The van der Waals surface area contributed by atoms with Crippen LogP contribution in [-0.2, 0) is 16.4 Å². The summed E-state index contributed by atoms with van der Waals surface area (Å²) in [6.45, 7) is 0.410. The van der Waals surface area contributed by atoms with Crippen molar-refractivity contribution < 1.29 is 8.42 Å². The van der Waals surface area contributed by atoms with Crippen LogP contribution in [0.5, 0.6) is 0 Å². The number of nitrogens with zero attached hydrogens (tertiary/aromatic N) is 2. The largest absolute Gasteiger partial charge is 0.326 e. The topological polar surface area (TPSA) is 85.9 Å². The van der Waals surface area contributed by atoms with E-state index in [1.165, 1.54) is 23.1 Å². The molecular weight excluding hydrogens is 302 g/mol. The van der Waals surface area contributed by atoms with Crippen molar-refractivity contribution in [1.82, 2.24) is 10.2 Å². The van der Waals surface area contributed by atoms with E-state index in [0.717, 1.165) is 9.90 Å². The fraction of sp³-hybridized carbons (Fsp3) is 0.273. The third kappa shape index (κ3) is 4.00. The van der Waals surface area contributed by atoms with E-state index in [1.54, 1.807) is 29.8 Å². The normalized spacial score (nSPS) is 11.6. The smallest absolute Gasteiger partial charge is 0.179 e. The molecule has 2 N–H and O–H groups in total. The van der Waals surface area contributed by atoms with Crippen molar-refractivity contribution in [3.05, 3.63) is 35.3 Å². The van der Waals surface area contributed by atoms with Crippen LogP contribution in [0.3, 0.4) is 0 Å². The monoisotopic (exact) mass is 315 g/mol. The van der Waals surface area contributed by atoms with Gasteiger partial charge in [0.25, 0.3) is 0 Å². The van der Waals surface area contributed by atoms with Crippen LogP contribution in [0.2, 0.25) is 0 Å². The molecule has 0 saturated heterocycles. The fourth-order valence-corrected chi connectivity index (χ4v) is 4.62. The summed E-state index contributed by atoms with van der Waals surface area (Å²) < 4.78 is 25.0. The Morgan fingerprint density at radius 1 is 1.26 bits per heavy atom. The second kappa shape index (κ2) is 6.47. The number of hydrogen-bond acceptors (Lipinski definition) is 7. The van der Waals surface area contributed by atoms with Gasteiger partial charge in [0, 0.05) is 12.3 Å². The summed E-state index contributed by atoms with van der Waals surface area (Å²) in [5.74, 6) is 0.551. The highest BCUT2D eigenvalue weighted by molar-refractivity contribution is 8.02. The van der Waals surface area contributed by atoms with E-state index in [4.69, 9.17) is 5.73 Å². The molecule has 0 radical (unpaired) electrons. The number of hydrogen-bond donors (Lipinski definition) is 1.